The van der Waals surface area contributed by atoms with Gasteiger partial charge in [0.25, 0.3) is 0 Å². The zero-order valence-corrected chi connectivity index (χ0v) is 8.55. The minimum absolute atomic E-state index is 0.568. The van der Waals surface area contributed by atoms with Gasteiger partial charge >= 0.3 is 0 Å². The highest BCUT2D eigenvalue weighted by atomic mass is 16.5. The average molecular weight is 171 g/mol. The molecular formula is C10H21NO. The summed E-state index contributed by atoms with van der Waals surface area (Å²) in [6.07, 6.45) is 3.23. The highest BCUT2D eigenvalue weighted by molar-refractivity contribution is 4.85. The van der Waals surface area contributed by atoms with Gasteiger partial charge in [0.1, 0.15) is 0 Å². The predicted molar refractivity (Wildman–Crippen MR) is 51.3 cm³/mol. The number of likely N-dealkylation sites (tertiary alicyclic amines) is 1. The molecule has 0 aromatic rings. The van der Waals surface area contributed by atoms with Gasteiger partial charge in [-0.25, -0.2) is 0 Å². The van der Waals surface area contributed by atoms with Gasteiger partial charge in [-0.15, -0.1) is 0 Å². The molecule has 0 amide bonds. The van der Waals surface area contributed by atoms with E-state index in [1.165, 1.54) is 19.4 Å². The van der Waals surface area contributed by atoms with Crippen molar-refractivity contribution in [2.75, 3.05) is 26.7 Å². The molecule has 0 saturated carbocycles. The molecule has 2 heteroatoms. The van der Waals surface area contributed by atoms with Crippen LogP contribution in [0.2, 0.25) is 0 Å². The van der Waals surface area contributed by atoms with Gasteiger partial charge < -0.3 is 9.64 Å². The van der Waals surface area contributed by atoms with Crippen LogP contribution in [0.25, 0.3) is 0 Å². The van der Waals surface area contributed by atoms with Crippen LogP contribution in [-0.4, -0.2) is 37.7 Å². The van der Waals surface area contributed by atoms with Crippen molar-refractivity contribution in [2.24, 2.45) is 5.92 Å². The molecule has 0 aromatic carbocycles. The van der Waals surface area contributed by atoms with Gasteiger partial charge in [0, 0.05) is 19.7 Å². The van der Waals surface area contributed by atoms with Crippen molar-refractivity contribution in [3.63, 3.8) is 0 Å². The van der Waals surface area contributed by atoms with E-state index < -0.39 is 0 Å². The van der Waals surface area contributed by atoms with E-state index in [0.29, 0.717) is 6.10 Å². The number of likely N-dealkylation sites (N-methyl/N-ethyl adjacent to an activating group) is 1. The second kappa shape index (κ2) is 4.83. The van der Waals surface area contributed by atoms with Crippen molar-refractivity contribution in [1.82, 2.24) is 4.90 Å². The van der Waals surface area contributed by atoms with Crippen LogP contribution < -0.4 is 0 Å². The molecule has 2 heterocycles. The van der Waals surface area contributed by atoms with Crippen molar-refractivity contribution in [1.29, 1.82) is 0 Å². The van der Waals surface area contributed by atoms with Crippen LogP contribution in [0.3, 0.4) is 0 Å². The molecular weight excluding hydrogens is 150 g/mol. The Balaban J connectivity index is 0.000000336. The molecule has 72 valence electrons. The lowest BCUT2D eigenvalue weighted by molar-refractivity contribution is -0.000699. The van der Waals surface area contributed by atoms with Gasteiger partial charge in [-0.3, -0.25) is 0 Å². The van der Waals surface area contributed by atoms with Crippen LogP contribution >= 0.6 is 0 Å². The molecule has 0 radical (unpaired) electrons. The lowest BCUT2D eigenvalue weighted by atomic mass is 9.98. The minimum atomic E-state index is 0.568. The number of hydrogen-bond acceptors (Lipinski definition) is 2. The first-order chi connectivity index (χ1) is 5.86. The molecule has 2 saturated heterocycles. The maximum Gasteiger partial charge on any atom is 0.0742 e. The maximum atomic E-state index is 5.63. The lowest BCUT2D eigenvalue weighted by Crippen LogP contribution is -2.27. The summed E-state index contributed by atoms with van der Waals surface area (Å²) in [6.45, 7) is 7.41. The van der Waals surface area contributed by atoms with Gasteiger partial charge in [-0.1, -0.05) is 13.8 Å². The van der Waals surface area contributed by atoms with Crippen LogP contribution in [0, 0.1) is 5.92 Å². The van der Waals surface area contributed by atoms with E-state index in [1.54, 1.807) is 0 Å². The second-order valence-corrected chi connectivity index (χ2v) is 3.53. The Hall–Kier alpha value is -0.0800. The van der Waals surface area contributed by atoms with Gasteiger partial charge in [0.05, 0.1) is 6.10 Å². The largest absolute Gasteiger partial charge is 0.377 e. The van der Waals surface area contributed by atoms with Crippen LogP contribution in [0.5, 0.6) is 0 Å². The van der Waals surface area contributed by atoms with E-state index in [9.17, 15) is 0 Å². The Morgan fingerprint density at radius 3 is 2.67 bits per heavy atom. The van der Waals surface area contributed by atoms with Gasteiger partial charge in [0.15, 0.2) is 0 Å². The van der Waals surface area contributed by atoms with Crippen molar-refractivity contribution in [3.05, 3.63) is 0 Å². The number of rotatable bonds is 0. The third-order valence-electron chi connectivity index (χ3n) is 2.61. The highest BCUT2D eigenvalue weighted by Gasteiger charge is 2.33. The number of fused-ring (bicyclic) bond motifs is 1. The zero-order valence-electron chi connectivity index (χ0n) is 8.55. The van der Waals surface area contributed by atoms with E-state index in [0.717, 1.165) is 19.1 Å². The molecule has 0 spiro atoms. The van der Waals surface area contributed by atoms with E-state index in [1.807, 2.05) is 13.8 Å². The van der Waals surface area contributed by atoms with Crippen LogP contribution in [-0.2, 0) is 4.74 Å². The minimum Gasteiger partial charge on any atom is -0.377 e. The molecule has 2 aliphatic rings. The SMILES string of the molecule is CC.CN1CC2CCCOC2C1. The summed E-state index contributed by atoms with van der Waals surface area (Å²) >= 11 is 0. The Bertz CT molecular complexity index is 113. The van der Waals surface area contributed by atoms with Crippen LogP contribution in [0.4, 0.5) is 0 Å². The topological polar surface area (TPSA) is 12.5 Å². The number of nitrogens with zero attached hydrogens (tertiary/aromatic N) is 1. The first-order valence-corrected chi connectivity index (χ1v) is 5.16. The molecule has 2 fully saturated rings. The molecule has 0 aromatic heterocycles. The first kappa shape index (κ1) is 10.0. The van der Waals surface area contributed by atoms with Crippen LogP contribution in [0.1, 0.15) is 26.7 Å². The average Bonchev–Trinajstić information content (AvgIpc) is 2.48. The van der Waals surface area contributed by atoms with Crippen LogP contribution in [0.15, 0.2) is 0 Å². The summed E-state index contributed by atoms with van der Waals surface area (Å²) in [7, 11) is 2.18. The molecule has 12 heavy (non-hydrogen) atoms. The second-order valence-electron chi connectivity index (χ2n) is 3.53. The Kier molecular flexibility index (Phi) is 4.02. The highest BCUT2D eigenvalue weighted by Crippen LogP contribution is 2.26. The summed E-state index contributed by atoms with van der Waals surface area (Å²) in [6, 6.07) is 0. The smallest absolute Gasteiger partial charge is 0.0742 e. The fourth-order valence-corrected chi connectivity index (χ4v) is 2.09. The zero-order chi connectivity index (χ0) is 8.97. The summed E-state index contributed by atoms with van der Waals surface area (Å²) < 4.78 is 5.63. The first-order valence-electron chi connectivity index (χ1n) is 5.16. The Morgan fingerprint density at radius 2 is 2.00 bits per heavy atom. The standard InChI is InChI=1S/C8H15NO.C2H6/c1-9-5-7-3-2-4-10-8(7)6-9;1-2/h7-8H,2-6H2,1H3;1-2H3. The number of hydrogen-bond donors (Lipinski definition) is 0. The van der Waals surface area contributed by atoms with E-state index in [4.69, 9.17) is 4.74 Å². The molecule has 0 bridgehead atoms. The maximum absolute atomic E-state index is 5.63. The van der Waals surface area contributed by atoms with E-state index in [-0.39, 0.29) is 0 Å². The third-order valence-corrected chi connectivity index (χ3v) is 2.61. The van der Waals surface area contributed by atoms with Gasteiger partial charge in [-0.2, -0.15) is 0 Å². The van der Waals surface area contributed by atoms with Gasteiger partial charge in [-0.05, 0) is 25.8 Å². The summed E-state index contributed by atoms with van der Waals surface area (Å²) in [5, 5.41) is 0. The Morgan fingerprint density at radius 1 is 1.25 bits per heavy atom. The van der Waals surface area contributed by atoms with E-state index in [2.05, 4.69) is 11.9 Å². The fraction of sp³-hybridized carbons (Fsp3) is 1.00. The van der Waals surface area contributed by atoms with Crippen molar-refractivity contribution >= 4 is 0 Å². The van der Waals surface area contributed by atoms with Gasteiger partial charge in [0.2, 0.25) is 0 Å². The summed E-state index contributed by atoms with van der Waals surface area (Å²) in [4.78, 5) is 2.38. The summed E-state index contributed by atoms with van der Waals surface area (Å²) in [5.41, 5.74) is 0. The molecule has 2 rings (SSSR count). The molecule has 2 unspecified atom stereocenters. The Labute approximate surface area is 75.9 Å². The van der Waals surface area contributed by atoms with E-state index >= 15 is 0 Å². The van der Waals surface area contributed by atoms with Crippen molar-refractivity contribution in [2.45, 2.75) is 32.8 Å². The number of ether oxygens (including phenoxy) is 1. The molecule has 2 nitrogen and oxygen atoms in total. The molecule has 0 aliphatic carbocycles. The monoisotopic (exact) mass is 171 g/mol. The summed E-state index contributed by atoms with van der Waals surface area (Å²) in [5.74, 6) is 0.846. The molecule has 2 atom stereocenters. The third kappa shape index (κ3) is 2.20. The quantitative estimate of drug-likeness (QED) is 0.550. The fourth-order valence-electron chi connectivity index (χ4n) is 2.09. The normalized spacial score (nSPS) is 35.2. The molecule has 0 N–H and O–H groups in total. The van der Waals surface area contributed by atoms with Crippen molar-refractivity contribution < 1.29 is 4.74 Å². The molecule has 2 aliphatic heterocycles. The van der Waals surface area contributed by atoms with Crippen molar-refractivity contribution in [3.8, 4) is 0 Å². The predicted octanol–water partition coefficient (Wildman–Crippen LogP) is 1.75. The lowest BCUT2D eigenvalue weighted by Gasteiger charge is -2.24.